The van der Waals surface area contributed by atoms with Crippen molar-refractivity contribution >= 4 is 10.1 Å². The molecule has 1 aliphatic rings. The summed E-state index contributed by atoms with van der Waals surface area (Å²) in [4.78, 5) is 0. The van der Waals surface area contributed by atoms with Crippen LogP contribution in [-0.2, 0) is 16.5 Å². The molecule has 0 spiro atoms. The van der Waals surface area contributed by atoms with Crippen molar-refractivity contribution in [1.82, 2.24) is 0 Å². The van der Waals surface area contributed by atoms with E-state index in [1.54, 1.807) is 30.3 Å². The second-order valence-corrected chi connectivity index (χ2v) is 8.05. The van der Waals surface area contributed by atoms with Gasteiger partial charge in [-0.3, -0.25) is 4.55 Å². The maximum absolute atomic E-state index is 14.5. The maximum atomic E-state index is 14.5. The van der Waals surface area contributed by atoms with Crippen LogP contribution in [0.15, 0.2) is 48.5 Å². The largest absolute Gasteiger partial charge is 0.508 e. The van der Waals surface area contributed by atoms with Gasteiger partial charge in [-0.05, 0) is 60.6 Å². The summed E-state index contributed by atoms with van der Waals surface area (Å²) in [5, 5.41) is 9.44. The van der Waals surface area contributed by atoms with Crippen molar-refractivity contribution < 1.29 is 27.2 Å². The topological polar surface area (TPSA) is 83.8 Å². The first-order valence-electron chi connectivity index (χ1n) is 8.42. The quantitative estimate of drug-likeness (QED) is 0.747. The van der Waals surface area contributed by atoms with Gasteiger partial charge in [0.2, 0.25) is 5.94 Å². The minimum Gasteiger partial charge on any atom is -0.508 e. The van der Waals surface area contributed by atoms with Crippen LogP contribution < -0.4 is 4.74 Å². The van der Waals surface area contributed by atoms with Crippen molar-refractivity contribution in [2.75, 3.05) is 5.94 Å². The van der Waals surface area contributed by atoms with E-state index in [-0.39, 0.29) is 17.6 Å². The summed E-state index contributed by atoms with van der Waals surface area (Å²) < 4.78 is 49.9. The van der Waals surface area contributed by atoms with Crippen LogP contribution in [0.2, 0.25) is 0 Å². The first-order valence-corrected chi connectivity index (χ1v) is 10.0. The van der Waals surface area contributed by atoms with Crippen molar-refractivity contribution in [2.24, 2.45) is 5.92 Å². The normalized spacial score (nSPS) is 23.1. The van der Waals surface area contributed by atoms with Gasteiger partial charge in [-0.25, -0.2) is 4.39 Å². The highest BCUT2D eigenvalue weighted by atomic mass is 32.2. The number of phenols is 1. The van der Waals surface area contributed by atoms with Gasteiger partial charge in [0, 0.05) is 5.92 Å². The Hall–Kier alpha value is -2.12. The smallest absolute Gasteiger partial charge is 0.300 e. The number of ether oxygens (including phenoxy) is 1. The Balaban J connectivity index is 1.74. The third-order valence-corrected chi connectivity index (χ3v) is 5.22. The number of hydrogen-bond donors (Lipinski definition) is 2. The molecule has 0 bridgehead atoms. The van der Waals surface area contributed by atoms with Gasteiger partial charge in [0.25, 0.3) is 0 Å². The molecule has 5 nitrogen and oxygen atoms in total. The van der Waals surface area contributed by atoms with Gasteiger partial charge >= 0.3 is 10.1 Å². The van der Waals surface area contributed by atoms with Crippen LogP contribution in [0.1, 0.15) is 29.9 Å². The summed E-state index contributed by atoms with van der Waals surface area (Å²) in [5.41, 5.74) is 1.85. The first-order chi connectivity index (χ1) is 12.3. The Labute approximate surface area is 152 Å². The van der Waals surface area contributed by atoms with Crippen molar-refractivity contribution in [3.63, 3.8) is 0 Å². The molecule has 140 valence electrons. The molecule has 0 saturated heterocycles. The van der Waals surface area contributed by atoms with Gasteiger partial charge in [-0.1, -0.05) is 24.3 Å². The third-order valence-electron chi connectivity index (χ3n) is 4.80. The first kappa shape index (κ1) is 18.7. The second kappa shape index (κ2) is 7.63. The lowest BCUT2D eigenvalue weighted by Crippen LogP contribution is -2.17. The van der Waals surface area contributed by atoms with Gasteiger partial charge in [-0.15, -0.1) is 0 Å². The van der Waals surface area contributed by atoms with E-state index in [0.29, 0.717) is 18.6 Å². The summed E-state index contributed by atoms with van der Waals surface area (Å²) in [6, 6.07) is 13.7. The van der Waals surface area contributed by atoms with Crippen molar-refractivity contribution in [3.05, 3.63) is 59.7 Å². The van der Waals surface area contributed by atoms with Gasteiger partial charge in [0.15, 0.2) is 0 Å². The molecular formula is C19H21FO5S. The van der Waals surface area contributed by atoms with Crippen LogP contribution in [0.25, 0.3) is 0 Å². The minimum absolute atomic E-state index is 0.0630. The zero-order chi connectivity index (χ0) is 18.7. The highest BCUT2D eigenvalue weighted by Crippen LogP contribution is 2.43. The molecule has 1 fully saturated rings. The Morgan fingerprint density at radius 2 is 1.85 bits per heavy atom. The Morgan fingerprint density at radius 3 is 2.54 bits per heavy atom. The molecule has 2 aromatic carbocycles. The van der Waals surface area contributed by atoms with Crippen molar-refractivity contribution in [1.29, 1.82) is 0 Å². The van der Waals surface area contributed by atoms with E-state index in [9.17, 15) is 17.9 Å². The van der Waals surface area contributed by atoms with E-state index in [1.807, 2.05) is 18.2 Å². The lowest BCUT2D eigenvalue weighted by atomic mass is 9.84. The number of alkyl halides is 1. The van der Waals surface area contributed by atoms with E-state index in [0.717, 1.165) is 17.5 Å². The molecule has 3 unspecified atom stereocenters. The molecule has 26 heavy (non-hydrogen) atoms. The molecule has 0 aromatic heterocycles. The van der Waals surface area contributed by atoms with Crippen LogP contribution in [0.5, 0.6) is 11.5 Å². The summed E-state index contributed by atoms with van der Waals surface area (Å²) in [7, 11) is -4.22. The van der Waals surface area contributed by atoms with Crippen LogP contribution in [-0.4, -0.2) is 30.2 Å². The van der Waals surface area contributed by atoms with Gasteiger partial charge < -0.3 is 9.84 Å². The molecule has 0 radical (unpaired) electrons. The van der Waals surface area contributed by atoms with Crippen molar-refractivity contribution in [3.8, 4) is 11.5 Å². The van der Waals surface area contributed by atoms with Crippen molar-refractivity contribution in [2.45, 2.75) is 31.4 Å². The summed E-state index contributed by atoms with van der Waals surface area (Å²) in [6.45, 7) is 0. The molecule has 2 N–H and O–H groups in total. The van der Waals surface area contributed by atoms with E-state index in [4.69, 9.17) is 9.29 Å². The summed E-state index contributed by atoms with van der Waals surface area (Å²) in [5.74, 6) is -0.454. The molecule has 0 amide bonds. The monoisotopic (exact) mass is 380 g/mol. The Kier molecular flexibility index (Phi) is 5.48. The highest BCUT2D eigenvalue weighted by Gasteiger charge is 2.37. The molecule has 1 aliphatic carbocycles. The third kappa shape index (κ3) is 4.74. The fraction of sp³-hybridized carbons (Fsp3) is 0.368. The molecule has 0 heterocycles. The Morgan fingerprint density at radius 1 is 1.12 bits per heavy atom. The average molecular weight is 380 g/mol. The second-order valence-electron chi connectivity index (χ2n) is 6.65. The van der Waals surface area contributed by atoms with Gasteiger partial charge in [0.1, 0.15) is 17.7 Å². The van der Waals surface area contributed by atoms with Crippen LogP contribution in [0, 0.1) is 5.92 Å². The van der Waals surface area contributed by atoms with Crippen LogP contribution in [0.4, 0.5) is 4.39 Å². The molecule has 7 heteroatoms. The molecule has 1 saturated carbocycles. The SMILES string of the molecule is O=S(=O)(O)COc1cccc(CC2C(F)CCC2c2ccc(O)cc2)c1. The van der Waals surface area contributed by atoms with E-state index in [2.05, 4.69) is 0 Å². The van der Waals surface area contributed by atoms with E-state index >= 15 is 0 Å². The number of benzene rings is 2. The fourth-order valence-corrected chi connectivity index (χ4v) is 3.89. The van der Waals surface area contributed by atoms with Crippen LogP contribution >= 0.6 is 0 Å². The molecular weight excluding hydrogens is 359 g/mol. The minimum atomic E-state index is -4.22. The predicted molar refractivity (Wildman–Crippen MR) is 95.7 cm³/mol. The zero-order valence-corrected chi connectivity index (χ0v) is 14.9. The van der Waals surface area contributed by atoms with Gasteiger partial charge in [0.05, 0.1) is 0 Å². The maximum Gasteiger partial charge on any atom is 0.300 e. The zero-order valence-electron chi connectivity index (χ0n) is 14.1. The van der Waals surface area contributed by atoms with Gasteiger partial charge in [-0.2, -0.15) is 8.42 Å². The molecule has 0 aliphatic heterocycles. The highest BCUT2D eigenvalue weighted by molar-refractivity contribution is 7.85. The lowest BCUT2D eigenvalue weighted by molar-refractivity contribution is 0.250. The van der Waals surface area contributed by atoms with E-state index in [1.165, 1.54) is 0 Å². The Bertz CT molecular complexity index is 850. The standard InChI is InChI=1S/C19H21FO5S/c20-19-9-8-17(14-4-6-15(21)7-5-14)18(19)11-13-2-1-3-16(10-13)25-12-26(22,23)24/h1-7,10,17-19,21H,8-9,11-12H2,(H,22,23,24). The molecule has 3 rings (SSSR count). The molecule has 2 aromatic rings. The lowest BCUT2D eigenvalue weighted by Gasteiger charge is -2.22. The van der Waals surface area contributed by atoms with Crippen LogP contribution in [0.3, 0.4) is 0 Å². The summed E-state index contributed by atoms with van der Waals surface area (Å²) in [6.07, 6.45) is 0.816. The summed E-state index contributed by atoms with van der Waals surface area (Å²) >= 11 is 0. The number of phenolic OH excluding ortho intramolecular Hbond substituents is 1. The number of rotatable bonds is 6. The number of aromatic hydroxyl groups is 1. The van der Waals surface area contributed by atoms with E-state index < -0.39 is 22.2 Å². The number of hydrogen-bond acceptors (Lipinski definition) is 4. The fourth-order valence-electron chi connectivity index (χ4n) is 3.60. The molecule has 3 atom stereocenters. The number of halogens is 1. The average Bonchev–Trinajstić information content (AvgIpc) is 2.94. The predicted octanol–water partition coefficient (Wildman–Crippen LogP) is 3.69.